The van der Waals surface area contributed by atoms with Crippen molar-refractivity contribution in [3.63, 3.8) is 0 Å². The Bertz CT molecular complexity index is 785. The van der Waals surface area contributed by atoms with Crippen LogP contribution in [0.15, 0.2) is 47.4 Å². The van der Waals surface area contributed by atoms with Gasteiger partial charge >= 0.3 is 6.18 Å². The summed E-state index contributed by atoms with van der Waals surface area (Å²) >= 11 is 5.85. The second kappa shape index (κ2) is 5.32. The zero-order valence-electron chi connectivity index (χ0n) is 10.2. The van der Waals surface area contributed by atoms with Crippen molar-refractivity contribution < 1.29 is 26.1 Å². The number of rotatable bonds is 2. The van der Waals surface area contributed by atoms with Crippen LogP contribution in [0.2, 0.25) is 5.02 Å². The summed E-state index contributed by atoms with van der Waals surface area (Å²) in [5, 5.41) is -0.207. The van der Waals surface area contributed by atoms with Crippen LogP contribution < -0.4 is 0 Å². The lowest BCUT2D eigenvalue weighted by Crippen LogP contribution is -2.07. The Morgan fingerprint density at radius 3 is 2.14 bits per heavy atom. The van der Waals surface area contributed by atoms with E-state index in [1.165, 1.54) is 18.2 Å². The second-order valence-corrected chi connectivity index (χ2v) is 5.99. The van der Waals surface area contributed by atoms with Crippen molar-refractivity contribution >= 4 is 21.7 Å². The largest absolute Gasteiger partial charge is 0.417 e. The van der Waals surface area contributed by atoms with Gasteiger partial charge in [-0.15, -0.1) is 0 Å². The molecule has 2 rings (SSSR count). The molecule has 0 atom stereocenters. The molecule has 0 unspecified atom stereocenters. The first kappa shape index (κ1) is 15.8. The van der Waals surface area contributed by atoms with E-state index in [0.29, 0.717) is 0 Å². The summed E-state index contributed by atoms with van der Waals surface area (Å²) in [6, 6.07) is 7.81. The van der Waals surface area contributed by atoms with Crippen LogP contribution in [0.4, 0.5) is 13.2 Å². The molecule has 0 aliphatic rings. The summed E-state index contributed by atoms with van der Waals surface area (Å²) in [6.07, 6.45) is -4.57. The average molecular weight is 337 g/mol. The standard InChI is InChI=1S/C13H8ClF3O3S/c14-12-7-8(21(18,19)20)5-6-10(12)9-3-1-2-4-11(9)13(15,16)17/h1-7H,(H,18,19,20). The molecular formula is C13H8ClF3O3S. The highest BCUT2D eigenvalue weighted by Crippen LogP contribution is 2.39. The molecule has 0 aliphatic carbocycles. The van der Waals surface area contributed by atoms with Crippen molar-refractivity contribution in [3.8, 4) is 11.1 Å². The van der Waals surface area contributed by atoms with Gasteiger partial charge in [-0.3, -0.25) is 4.55 Å². The minimum atomic E-state index is -4.57. The third-order valence-electron chi connectivity index (χ3n) is 2.76. The molecular weight excluding hydrogens is 329 g/mol. The van der Waals surface area contributed by atoms with Gasteiger partial charge in [-0.2, -0.15) is 21.6 Å². The maximum atomic E-state index is 13.0. The van der Waals surface area contributed by atoms with Crippen molar-refractivity contribution in [2.24, 2.45) is 0 Å². The summed E-state index contributed by atoms with van der Waals surface area (Å²) in [5.74, 6) is 0. The summed E-state index contributed by atoms with van der Waals surface area (Å²) in [7, 11) is -4.47. The molecule has 0 saturated heterocycles. The normalized spacial score (nSPS) is 12.4. The Balaban J connectivity index is 2.65. The molecule has 0 amide bonds. The first-order valence-electron chi connectivity index (χ1n) is 5.54. The van der Waals surface area contributed by atoms with E-state index >= 15 is 0 Å². The molecule has 0 aromatic heterocycles. The lowest BCUT2D eigenvalue weighted by atomic mass is 9.99. The molecule has 0 heterocycles. The van der Waals surface area contributed by atoms with Crippen LogP contribution in [0, 0.1) is 0 Å². The second-order valence-electron chi connectivity index (χ2n) is 4.16. The molecule has 3 nitrogen and oxygen atoms in total. The van der Waals surface area contributed by atoms with Crippen molar-refractivity contribution in [2.45, 2.75) is 11.1 Å². The minimum absolute atomic E-state index is 0.0250. The number of alkyl halides is 3. The van der Waals surface area contributed by atoms with Crippen LogP contribution >= 0.6 is 11.6 Å². The summed E-state index contributed by atoms with van der Waals surface area (Å²) < 4.78 is 69.7. The fourth-order valence-electron chi connectivity index (χ4n) is 1.84. The predicted molar refractivity (Wildman–Crippen MR) is 71.7 cm³/mol. The highest BCUT2D eigenvalue weighted by atomic mass is 35.5. The van der Waals surface area contributed by atoms with E-state index in [4.69, 9.17) is 16.2 Å². The molecule has 0 radical (unpaired) electrons. The summed E-state index contributed by atoms with van der Waals surface area (Å²) in [4.78, 5) is -0.485. The van der Waals surface area contributed by atoms with Gasteiger partial charge < -0.3 is 0 Å². The molecule has 0 bridgehead atoms. The van der Waals surface area contributed by atoms with Crippen LogP contribution in [0.5, 0.6) is 0 Å². The van der Waals surface area contributed by atoms with E-state index in [2.05, 4.69) is 0 Å². The molecule has 21 heavy (non-hydrogen) atoms. The highest BCUT2D eigenvalue weighted by molar-refractivity contribution is 7.85. The molecule has 1 N–H and O–H groups in total. The SMILES string of the molecule is O=S(=O)(O)c1ccc(-c2ccccc2C(F)(F)F)c(Cl)c1. The zero-order valence-corrected chi connectivity index (χ0v) is 11.8. The van der Waals surface area contributed by atoms with E-state index in [1.807, 2.05) is 0 Å². The molecule has 0 spiro atoms. The van der Waals surface area contributed by atoms with Gasteiger partial charge in [0.1, 0.15) is 0 Å². The van der Waals surface area contributed by atoms with Gasteiger partial charge in [0.2, 0.25) is 0 Å². The summed E-state index contributed by atoms with van der Waals surface area (Å²) in [5.41, 5.74) is -1.03. The monoisotopic (exact) mass is 336 g/mol. The third kappa shape index (κ3) is 3.37. The van der Waals surface area contributed by atoms with Crippen molar-refractivity contribution in [3.05, 3.63) is 53.1 Å². The molecule has 2 aromatic carbocycles. The lowest BCUT2D eigenvalue weighted by molar-refractivity contribution is -0.137. The predicted octanol–water partition coefficient (Wildman–Crippen LogP) is 4.27. The number of hydrogen-bond acceptors (Lipinski definition) is 2. The van der Waals surface area contributed by atoms with Crippen LogP contribution in [-0.2, 0) is 16.3 Å². The topological polar surface area (TPSA) is 54.4 Å². The molecule has 0 saturated carbocycles. The maximum Gasteiger partial charge on any atom is 0.417 e. The smallest absolute Gasteiger partial charge is 0.282 e. The third-order valence-corrected chi connectivity index (χ3v) is 3.92. The Hall–Kier alpha value is -1.57. The number of halogens is 4. The Labute approximate surface area is 123 Å². The van der Waals surface area contributed by atoms with Gasteiger partial charge in [0.05, 0.1) is 10.5 Å². The van der Waals surface area contributed by atoms with Gasteiger partial charge in [0, 0.05) is 10.6 Å². The highest BCUT2D eigenvalue weighted by Gasteiger charge is 2.33. The lowest BCUT2D eigenvalue weighted by Gasteiger charge is -2.14. The van der Waals surface area contributed by atoms with Crippen molar-refractivity contribution in [1.82, 2.24) is 0 Å². The van der Waals surface area contributed by atoms with Crippen LogP contribution in [0.25, 0.3) is 11.1 Å². The van der Waals surface area contributed by atoms with Gasteiger partial charge in [0.15, 0.2) is 0 Å². The van der Waals surface area contributed by atoms with Crippen LogP contribution in [-0.4, -0.2) is 13.0 Å². The first-order chi connectivity index (χ1) is 9.60. The van der Waals surface area contributed by atoms with E-state index in [9.17, 15) is 21.6 Å². The van der Waals surface area contributed by atoms with Gasteiger partial charge in [-0.05, 0) is 23.8 Å². The van der Waals surface area contributed by atoms with Crippen molar-refractivity contribution in [2.75, 3.05) is 0 Å². The fourth-order valence-corrected chi connectivity index (χ4v) is 2.69. The molecule has 112 valence electrons. The molecule has 0 aliphatic heterocycles. The van der Waals surface area contributed by atoms with Crippen LogP contribution in [0.1, 0.15) is 5.56 Å². The van der Waals surface area contributed by atoms with E-state index in [1.54, 1.807) is 0 Å². The Kier molecular flexibility index (Phi) is 4.01. The van der Waals surface area contributed by atoms with E-state index in [0.717, 1.165) is 24.3 Å². The Morgan fingerprint density at radius 1 is 1.00 bits per heavy atom. The summed E-state index contributed by atoms with van der Waals surface area (Å²) in [6.45, 7) is 0. The van der Waals surface area contributed by atoms with Crippen LogP contribution in [0.3, 0.4) is 0 Å². The van der Waals surface area contributed by atoms with E-state index < -0.39 is 26.8 Å². The number of hydrogen-bond donors (Lipinski definition) is 1. The van der Waals surface area contributed by atoms with E-state index in [-0.39, 0.29) is 16.1 Å². The minimum Gasteiger partial charge on any atom is -0.282 e. The quantitative estimate of drug-likeness (QED) is 0.833. The number of benzene rings is 2. The van der Waals surface area contributed by atoms with Crippen molar-refractivity contribution in [1.29, 1.82) is 0 Å². The zero-order chi connectivity index (χ0) is 15.8. The van der Waals surface area contributed by atoms with Gasteiger partial charge in [-0.1, -0.05) is 35.9 Å². The van der Waals surface area contributed by atoms with Gasteiger partial charge in [0.25, 0.3) is 10.1 Å². The maximum absolute atomic E-state index is 13.0. The molecule has 2 aromatic rings. The fraction of sp³-hybridized carbons (Fsp3) is 0.0769. The van der Waals surface area contributed by atoms with Gasteiger partial charge in [-0.25, -0.2) is 0 Å². The average Bonchev–Trinajstić information content (AvgIpc) is 2.36. The first-order valence-corrected chi connectivity index (χ1v) is 7.36. The molecule has 8 heteroatoms. The Morgan fingerprint density at radius 2 is 1.62 bits per heavy atom. The molecule has 0 fully saturated rings.